The highest BCUT2D eigenvalue weighted by atomic mass is 79.9. The Morgan fingerprint density at radius 1 is 0.968 bits per heavy atom. The predicted octanol–water partition coefficient (Wildman–Crippen LogP) is 6.22. The van der Waals surface area contributed by atoms with Gasteiger partial charge in [-0.3, -0.25) is 14.4 Å². The van der Waals surface area contributed by atoms with Gasteiger partial charge in [0, 0.05) is 16.5 Å². The summed E-state index contributed by atoms with van der Waals surface area (Å²) in [4.78, 5) is 39.5. The SMILES string of the molecule is CC(C)(C)c1ccc(C(=O)C[C@@]2(C)C(=O)O[C@@H](c3ccc(Br)cc3)C(C)(C)C2=O)cc1. The summed E-state index contributed by atoms with van der Waals surface area (Å²) in [6.07, 6.45) is -0.911. The maximum absolute atomic E-state index is 13.5. The van der Waals surface area contributed by atoms with Gasteiger partial charge in [0.2, 0.25) is 0 Å². The molecule has 0 unspecified atom stereocenters. The van der Waals surface area contributed by atoms with Gasteiger partial charge in [-0.1, -0.05) is 73.1 Å². The van der Waals surface area contributed by atoms with E-state index < -0.39 is 22.9 Å². The third kappa shape index (κ3) is 4.38. The number of carbonyl (C=O) groups is 3. The fourth-order valence-electron chi connectivity index (χ4n) is 4.16. The van der Waals surface area contributed by atoms with Crippen molar-refractivity contribution in [2.75, 3.05) is 0 Å². The van der Waals surface area contributed by atoms with Crippen molar-refractivity contribution in [1.29, 1.82) is 0 Å². The molecule has 0 N–H and O–H groups in total. The Kier molecular flexibility index (Phi) is 6.05. The number of ketones is 2. The largest absolute Gasteiger partial charge is 0.456 e. The molecule has 164 valence electrons. The Hall–Kier alpha value is -2.27. The summed E-state index contributed by atoms with van der Waals surface area (Å²) in [5.74, 6) is -1.17. The van der Waals surface area contributed by atoms with Crippen LogP contribution in [0.4, 0.5) is 0 Å². The van der Waals surface area contributed by atoms with Gasteiger partial charge < -0.3 is 4.74 Å². The van der Waals surface area contributed by atoms with E-state index in [4.69, 9.17) is 4.74 Å². The molecule has 0 aliphatic carbocycles. The second-order valence-electron chi connectivity index (χ2n) is 10.1. The lowest BCUT2D eigenvalue weighted by atomic mass is 9.64. The van der Waals surface area contributed by atoms with Gasteiger partial charge in [0.15, 0.2) is 11.6 Å². The quantitative estimate of drug-likeness (QED) is 0.293. The van der Waals surface area contributed by atoms with Crippen molar-refractivity contribution in [3.63, 3.8) is 0 Å². The lowest BCUT2D eigenvalue weighted by Crippen LogP contribution is -2.54. The fourth-order valence-corrected chi connectivity index (χ4v) is 4.43. The van der Waals surface area contributed by atoms with Gasteiger partial charge in [0.05, 0.1) is 5.41 Å². The van der Waals surface area contributed by atoms with Crippen LogP contribution in [0.3, 0.4) is 0 Å². The monoisotopic (exact) mass is 484 g/mol. The Morgan fingerprint density at radius 2 is 1.52 bits per heavy atom. The van der Waals surface area contributed by atoms with Crippen molar-refractivity contribution in [2.24, 2.45) is 10.8 Å². The molecule has 31 heavy (non-hydrogen) atoms. The van der Waals surface area contributed by atoms with E-state index in [-0.39, 0.29) is 23.4 Å². The predicted molar refractivity (Wildman–Crippen MR) is 124 cm³/mol. The molecule has 5 heteroatoms. The first-order chi connectivity index (χ1) is 14.3. The zero-order chi connectivity index (χ0) is 23.2. The molecule has 0 radical (unpaired) electrons. The summed E-state index contributed by atoms with van der Waals surface area (Å²) in [7, 11) is 0. The van der Waals surface area contributed by atoms with Crippen molar-refractivity contribution in [3.8, 4) is 0 Å². The van der Waals surface area contributed by atoms with Crippen LogP contribution < -0.4 is 0 Å². The Bertz CT molecular complexity index is 1010. The van der Waals surface area contributed by atoms with Crippen LogP contribution in [0.1, 0.15) is 75.6 Å². The van der Waals surface area contributed by atoms with Crippen LogP contribution in [0.5, 0.6) is 0 Å². The third-order valence-corrected chi connectivity index (χ3v) is 6.71. The van der Waals surface area contributed by atoms with Crippen molar-refractivity contribution >= 4 is 33.5 Å². The average molecular weight is 485 g/mol. The molecule has 1 heterocycles. The maximum Gasteiger partial charge on any atom is 0.320 e. The molecule has 4 nitrogen and oxygen atoms in total. The van der Waals surface area contributed by atoms with E-state index in [2.05, 4.69) is 36.7 Å². The Morgan fingerprint density at radius 3 is 2.03 bits per heavy atom. The first kappa shape index (κ1) is 23.4. The van der Waals surface area contributed by atoms with Crippen molar-refractivity contribution < 1.29 is 19.1 Å². The van der Waals surface area contributed by atoms with E-state index in [1.807, 2.05) is 36.4 Å². The lowest BCUT2D eigenvalue weighted by Gasteiger charge is -2.44. The molecule has 2 aromatic rings. The number of rotatable bonds is 4. The van der Waals surface area contributed by atoms with Gasteiger partial charge in [0.1, 0.15) is 11.5 Å². The van der Waals surface area contributed by atoms with E-state index in [0.717, 1.165) is 15.6 Å². The van der Waals surface area contributed by atoms with Gasteiger partial charge in [-0.05, 0) is 49.4 Å². The minimum absolute atomic E-state index is 0.0250. The standard InChI is InChI=1S/C26H29BrO4/c1-24(2,3)18-11-7-16(8-12-18)20(28)15-26(6)22(29)25(4,5)21(31-23(26)30)17-9-13-19(27)14-10-17/h7-14,21H,15H2,1-6H3/t21-,26+/m0/s1. The number of cyclic esters (lactones) is 1. The average Bonchev–Trinajstić information content (AvgIpc) is 2.70. The van der Waals surface area contributed by atoms with Crippen molar-refractivity contribution in [1.82, 2.24) is 0 Å². The van der Waals surface area contributed by atoms with Gasteiger partial charge in [0.25, 0.3) is 0 Å². The van der Waals surface area contributed by atoms with Crippen molar-refractivity contribution in [2.45, 2.75) is 59.5 Å². The highest BCUT2D eigenvalue weighted by Crippen LogP contribution is 2.49. The van der Waals surface area contributed by atoms with Gasteiger partial charge in [-0.15, -0.1) is 0 Å². The number of hydrogen-bond acceptors (Lipinski definition) is 4. The Balaban J connectivity index is 1.86. The topological polar surface area (TPSA) is 60.4 Å². The molecule has 0 saturated carbocycles. The second-order valence-corrected chi connectivity index (χ2v) is 11.1. The summed E-state index contributed by atoms with van der Waals surface area (Å²) in [5.41, 5.74) is -0.157. The minimum Gasteiger partial charge on any atom is -0.456 e. The molecule has 0 amide bonds. The molecular weight excluding hydrogens is 456 g/mol. The van der Waals surface area contributed by atoms with Gasteiger partial charge >= 0.3 is 5.97 Å². The molecule has 0 spiro atoms. The summed E-state index contributed by atoms with van der Waals surface area (Å²) in [5, 5.41) is 0. The fraction of sp³-hybridized carbons (Fsp3) is 0.423. The summed E-state index contributed by atoms with van der Waals surface area (Å²) < 4.78 is 6.69. The number of ether oxygens (including phenoxy) is 1. The van der Waals surface area contributed by atoms with E-state index in [0.29, 0.717) is 5.56 Å². The highest BCUT2D eigenvalue weighted by molar-refractivity contribution is 9.10. The molecule has 0 aromatic heterocycles. The molecule has 2 atom stereocenters. The number of esters is 1. The molecule has 1 aliphatic rings. The van der Waals surface area contributed by atoms with Gasteiger partial charge in [-0.25, -0.2) is 0 Å². The normalized spacial score (nSPS) is 23.4. The van der Waals surface area contributed by atoms with Crippen LogP contribution in [0.2, 0.25) is 0 Å². The number of hydrogen-bond donors (Lipinski definition) is 0. The minimum atomic E-state index is -1.52. The van der Waals surface area contributed by atoms with Crippen LogP contribution in [0.25, 0.3) is 0 Å². The Labute approximate surface area is 192 Å². The second kappa shape index (κ2) is 8.01. The van der Waals surface area contributed by atoms with Crippen LogP contribution in [-0.2, 0) is 19.7 Å². The molecule has 1 aliphatic heterocycles. The van der Waals surface area contributed by atoms with Crippen molar-refractivity contribution in [3.05, 3.63) is 69.7 Å². The number of carbonyl (C=O) groups excluding carboxylic acids is 3. The van der Waals surface area contributed by atoms with Crippen LogP contribution in [0, 0.1) is 10.8 Å². The smallest absolute Gasteiger partial charge is 0.320 e. The number of benzene rings is 2. The number of Topliss-reactive ketones (excluding diaryl/α,β-unsaturated/α-hetero) is 2. The summed E-state index contributed by atoms with van der Waals surface area (Å²) >= 11 is 3.39. The third-order valence-electron chi connectivity index (χ3n) is 6.18. The van der Waals surface area contributed by atoms with E-state index in [1.54, 1.807) is 26.0 Å². The van der Waals surface area contributed by atoms with E-state index >= 15 is 0 Å². The molecule has 1 saturated heterocycles. The van der Waals surface area contributed by atoms with E-state index in [9.17, 15) is 14.4 Å². The first-order valence-electron chi connectivity index (χ1n) is 10.4. The zero-order valence-electron chi connectivity index (χ0n) is 18.9. The molecule has 3 rings (SSSR count). The summed E-state index contributed by atoms with van der Waals surface area (Å²) in [6, 6.07) is 14.7. The van der Waals surface area contributed by atoms with Crippen LogP contribution >= 0.6 is 15.9 Å². The molecular formula is C26H29BrO4. The maximum atomic E-state index is 13.5. The highest BCUT2D eigenvalue weighted by Gasteiger charge is 2.58. The van der Waals surface area contributed by atoms with E-state index in [1.165, 1.54) is 6.92 Å². The molecule has 2 aromatic carbocycles. The van der Waals surface area contributed by atoms with Crippen LogP contribution in [0.15, 0.2) is 53.0 Å². The lowest BCUT2D eigenvalue weighted by molar-refractivity contribution is -0.187. The zero-order valence-corrected chi connectivity index (χ0v) is 20.5. The molecule has 1 fully saturated rings. The van der Waals surface area contributed by atoms with Gasteiger partial charge in [-0.2, -0.15) is 0 Å². The first-order valence-corrected chi connectivity index (χ1v) is 11.2. The number of halogens is 1. The molecule has 0 bridgehead atoms. The van der Waals surface area contributed by atoms with Crippen LogP contribution in [-0.4, -0.2) is 17.5 Å². The summed E-state index contributed by atoms with van der Waals surface area (Å²) in [6.45, 7) is 11.4.